The molecule has 0 aliphatic heterocycles. The standard InChI is InChI=1S/C22H22F2N2O3/c1-26(13-15-3-4-17-12-20(28-2)8-5-16(17)11-15)14-21(27)25-18-6-9-19(10-7-18)29-22(23)24/h3-12,22H,13-14H2,1-2H3,(H,25,27)/p+1. The Morgan fingerprint density at radius 1 is 1.00 bits per heavy atom. The van der Waals surface area contributed by atoms with E-state index >= 15 is 0 Å². The first kappa shape index (κ1) is 20.5. The number of quaternary nitrogens is 1. The highest BCUT2D eigenvalue weighted by Gasteiger charge is 2.12. The first-order chi connectivity index (χ1) is 13.9. The fourth-order valence-electron chi connectivity index (χ4n) is 3.12. The van der Waals surface area contributed by atoms with E-state index in [0.29, 0.717) is 12.2 Å². The van der Waals surface area contributed by atoms with E-state index in [2.05, 4.69) is 16.1 Å². The maximum atomic E-state index is 12.3. The van der Waals surface area contributed by atoms with Crippen molar-refractivity contribution in [3.8, 4) is 11.5 Å². The number of anilines is 1. The third-order valence-corrected chi connectivity index (χ3v) is 4.44. The number of carbonyl (C=O) groups is 1. The Labute approximate surface area is 167 Å². The molecule has 7 heteroatoms. The Hall–Kier alpha value is -3.19. The summed E-state index contributed by atoms with van der Waals surface area (Å²) in [6, 6.07) is 18.0. The Balaban J connectivity index is 1.55. The van der Waals surface area contributed by atoms with Gasteiger partial charge in [-0.1, -0.05) is 18.2 Å². The van der Waals surface area contributed by atoms with Crippen molar-refractivity contribution in [3.05, 3.63) is 66.2 Å². The molecule has 1 atom stereocenters. The van der Waals surface area contributed by atoms with Crippen LogP contribution in [0.4, 0.5) is 14.5 Å². The summed E-state index contributed by atoms with van der Waals surface area (Å²) in [5.74, 6) is 0.712. The van der Waals surface area contributed by atoms with Crippen molar-refractivity contribution in [2.75, 3.05) is 26.0 Å². The summed E-state index contributed by atoms with van der Waals surface area (Å²) in [7, 11) is 3.59. The maximum absolute atomic E-state index is 12.3. The summed E-state index contributed by atoms with van der Waals surface area (Å²) in [5, 5.41) is 4.98. The average Bonchev–Trinajstić information content (AvgIpc) is 2.68. The second-order valence-electron chi connectivity index (χ2n) is 6.81. The van der Waals surface area contributed by atoms with Gasteiger partial charge in [-0.2, -0.15) is 8.78 Å². The molecule has 3 rings (SSSR count). The van der Waals surface area contributed by atoms with Crippen molar-refractivity contribution in [2.24, 2.45) is 0 Å². The number of halogens is 2. The van der Waals surface area contributed by atoms with Gasteiger partial charge in [0.05, 0.1) is 14.2 Å². The molecule has 3 aromatic carbocycles. The zero-order valence-corrected chi connectivity index (χ0v) is 16.2. The highest BCUT2D eigenvalue weighted by Crippen LogP contribution is 2.21. The molecule has 0 aromatic heterocycles. The number of carbonyl (C=O) groups excluding carboxylic acids is 1. The lowest BCUT2D eigenvalue weighted by Gasteiger charge is -2.15. The summed E-state index contributed by atoms with van der Waals surface area (Å²) in [5.41, 5.74) is 1.66. The molecule has 3 aromatic rings. The molecule has 0 fully saturated rings. The number of hydrogen-bond acceptors (Lipinski definition) is 3. The molecule has 0 heterocycles. The molecular weight excluding hydrogens is 378 g/mol. The van der Waals surface area contributed by atoms with Crippen LogP contribution in [0.2, 0.25) is 0 Å². The molecule has 0 aliphatic carbocycles. The quantitative estimate of drug-likeness (QED) is 0.610. The zero-order chi connectivity index (χ0) is 20.8. The number of amides is 1. The van der Waals surface area contributed by atoms with Crippen molar-refractivity contribution in [2.45, 2.75) is 13.2 Å². The van der Waals surface area contributed by atoms with Crippen LogP contribution in [-0.2, 0) is 11.3 Å². The minimum atomic E-state index is -2.87. The van der Waals surface area contributed by atoms with E-state index in [1.54, 1.807) is 7.11 Å². The second kappa shape index (κ2) is 9.34. The van der Waals surface area contributed by atoms with Crippen molar-refractivity contribution >= 4 is 22.4 Å². The Bertz CT molecular complexity index is 977. The lowest BCUT2D eigenvalue weighted by atomic mass is 10.1. The van der Waals surface area contributed by atoms with Gasteiger partial charge in [0.15, 0.2) is 6.54 Å². The van der Waals surface area contributed by atoms with Crippen LogP contribution in [0, 0.1) is 0 Å². The summed E-state index contributed by atoms with van der Waals surface area (Å²) >= 11 is 0. The third kappa shape index (κ3) is 5.89. The fraction of sp³-hybridized carbons (Fsp3) is 0.227. The monoisotopic (exact) mass is 401 g/mol. The maximum Gasteiger partial charge on any atom is 0.387 e. The first-order valence-electron chi connectivity index (χ1n) is 9.15. The Morgan fingerprint density at radius 3 is 2.34 bits per heavy atom. The molecule has 1 amide bonds. The first-order valence-corrected chi connectivity index (χ1v) is 9.15. The van der Waals surface area contributed by atoms with Gasteiger partial charge in [-0.15, -0.1) is 0 Å². The number of methoxy groups -OCH3 is 1. The van der Waals surface area contributed by atoms with Gasteiger partial charge < -0.3 is 19.7 Å². The van der Waals surface area contributed by atoms with Crippen molar-refractivity contribution in [1.29, 1.82) is 0 Å². The van der Waals surface area contributed by atoms with Crippen molar-refractivity contribution < 1.29 is 27.9 Å². The van der Waals surface area contributed by atoms with Gasteiger partial charge in [0.1, 0.15) is 18.0 Å². The summed E-state index contributed by atoms with van der Waals surface area (Å²) in [6.07, 6.45) is 0. The van der Waals surface area contributed by atoms with Gasteiger partial charge in [0.25, 0.3) is 5.91 Å². The highest BCUT2D eigenvalue weighted by atomic mass is 19.3. The van der Waals surface area contributed by atoms with Crippen LogP contribution in [0.1, 0.15) is 5.56 Å². The number of fused-ring (bicyclic) bond motifs is 1. The predicted octanol–water partition coefficient (Wildman–Crippen LogP) is 3.10. The molecule has 0 saturated heterocycles. The summed E-state index contributed by atoms with van der Waals surface area (Å²) in [6.45, 7) is -1.91. The molecule has 0 bridgehead atoms. The SMILES string of the molecule is COc1ccc2cc(C[NH+](C)CC(=O)Nc3ccc(OC(F)F)cc3)ccc2c1. The van der Waals surface area contributed by atoms with Crippen LogP contribution in [0.25, 0.3) is 10.8 Å². The van der Waals surface area contributed by atoms with Gasteiger partial charge in [-0.3, -0.25) is 4.79 Å². The van der Waals surface area contributed by atoms with Crippen LogP contribution in [0.5, 0.6) is 11.5 Å². The summed E-state index contributed by atoms with van der Waals surface area (Å²) < 4.78 is 33.9. The predicted molar refractivity (Wildman–Crippen MR) is 108 cm³/mol. The van der Waals surface area contributed by atoms with E-state index in [1.807, 2.05) is 37.4 Å². The lowest BCUT2D eigenvalue weighted by Crippen LogP contribution is -3.08. The molecule has 0 saturated carbocycles. The van der Waals surface area contributed by atoms with Gasteiger partial charge in [0.2, 0.25) is 0 Å². The summed E-state index contributed by atoms with van der Waals surface area (Å²) in [4.78, 5) is 13.3. The molecule has 0 spiro atoms. The van der Waals surface area contributed by atoms with Crippen molar-refractivity contribution in [3.63, 3.8) is 0 Å². The molecule has 5 nitrogen and oxygen atoms in total. The van der Waals surface area contributed by atoms with E-state index in [9.17, 15) is 13.6 Å². The average molecular weight is 401 g/mol. The Kier molecular flexibility index (Phi) is 6.61. The second-order valence-corrected chi connectivity index (χ2v) is 6.81. The normalized spacial score (nSPS) is 12.0. The number of likely N-dealkylation sites (N-methyl/N-ethyl adjacent to an activating group) is 1. The number of alkyl halides is 2. The van der Waals surface area contributed by atoms with Crippen LogP contribution < -0.4 is 19.7 Å². The van der Waals surface area contributed by atoms with Crippen LogP contribution in [0.15, 0.2) is 60.7 Å². The van der Waals surface area contributed by atoms with Gasteiger partial charge in [-0.25, -0.2) is 0 Å². The third-order valence-electron chi connectivity index (χ3n) is 4.44. The molecular formula is C22H23F2N2O3+. The number of nitrogens with one attached hydrogen (secondary N) is 2. The molecule has 1 unspecified atom stereocenters. The smallest absolute Gasteiger partial charge is 0.387 e. The molecule has 152 valence electrons. The van der Waals surface area contributed by atoms with E-state index < -0.39 is 6.61 Å². The molecule has 2 N–H and O–H groups in total. The van der Waals surface area contributed by atoms with Gasteiger partial charge in [-0.05, 0) is 53.2 Å². The Morgan fingerprint density at radius 2 is 1.66 bits per heavy atom. The minimum absolute atomic E-state index is 0.0506. The molecule has 29 heavy (non-hydrogen) atoms. The van der Waals surface area contributed by atoms with Gasteiger partial charge >= 0.3 is 6.61 Å². The van der Waals surface area contributed by atoms with Gasteiger partial charge in [0, 0.05) is 11.3 Å². The van der Waals surface area contributed by atoms with E-state index in [0.717, 1.165) is 27.0 Å². The molecule has 0 radical (unpaired) electrons. The lowest BCUT2D eigenvalue weighted by molar-refractivity contribution is -0.885. The van der Waals surface area contributed by atoms with Crippen LogP contribution in [0.3, 0.4) is 0 Å². The van der Waals surface area contributed by atoms with E-state index in [-0.39, 0.29) is 18.2 Å². The van der Waals surface area contributed by atoms with E-state index in [4.69, 9.17) is 4.74 Å². The van der Waals surface area contributed by atoms with Crippen LogP contribution in [-0.4, -0.2) is 33.2 Å². The molecule has 0 aliphatic rings. The van der Waals surface area contributed by atoms with Crippen molar-refractivity contribution in [1.82, 2.24) is 0 Å². The van der Waals surface area contributed by atoms with Crippen LogP contribution >= 0.6 is 0 Å². The fourth-order valence-corrected chi connectivity index (χ4v) is 3.12. The van der Waals surface area contributed by atoms with E-state index in [1.165, 1.54) is 24.3 Å². The number of rotatable bonds is 8. The largest absolute Gasteiger partial charge is 0.497 e. The number of ether oxygens (including phenoxy) is 2. The topological polar surface area (TPSA) is 52.0 Å². The highest BCUT2D eigenvalue weighted by molar-refractivity contribution is 5.91. The number of benzene rings is 3. The minimum Gasteiger partial charge on any atom is -0.497 e. The zero-order valence-electron chi connectivity index (χ0n) is 16.2. The number of hydrogen-bond donors (Lipinski definition) is 2.